The van der Waals surface area contributed by atoms with Crippen LogP contribution in [0.3, 0.4) is 0 Å². The van der Waals surface area contributed by atoms with Gasteiger partial charge in [0.05, 0.1) is 11.1 Å². The quantitative estimate of drug-likeness (QED) is 0.412. The first-order chi connectivity index (χ1) is 17.3. The number of phenols is 1. The maximum Gasteiger partial charge on any atom is 0.202 e. The second kappa shape index (κ2) is 9.25. The number of phenolic OH excluding ortho intramolecular Hbond substituents is 1. The van der Waals surface area contributed by atoms with Gasteiger partial charge in [-0.25, -0.2) is 18.7 Å². The summed E-state index contributed by atoms with van der Waals surface area (Å²) in [5.74, 6) is -0.716. The van der Waals surface area contributed by atoms with E-state index in [0.717, 1.165) is 10.9 Å². The van der Waals surface area contributed by atoms with Gasteiger partial charge in [0.2, 0.25) is 5.72 Å². The summed E-state index contributed by atoms with van der Waals surface area (Å²) in [5.41, 5.74) is -0.110. The fourth-order valence-electron chi connectivity index (χ4n) is 4.59. The number of hydrogen-bond acceptors (Lipinski definition) is 7. The van der Waals surface area contributed by atoms with Crippen LogP contribution in [-0.2, 0) is 10.5 Å². The molecule has 1 atom stereocenters. The van der Waals surface area contributed by atoms with E-state index in [4.69, 9.17) is 0 Å². The second-order valence-corrected chi connectivity index (χ2v) is 8.85. The maximum atomic E-state index is 14.7. The first-order valence-corrected chi connectivity index (χ1v) is 11.5. The Morgan fingerprint density at radius 2 is 1.69 bits per heavy atom. The molecule has 0 radical (unpaired) electrons. The molecule has 0 amide bonds. The smallest absolute Gasteiger partial charge is 0.202 e. The van der Waals surface area contributed by atoms with E-state index >= 15 is 0 Å². The highest BCUT2D eigenvalue weighted by Crippen LogP contribution is 2.35. The predicted octanol–water partition coefficient (Wildman–Crippen LogP) is 3.76. The number of aromatic hydroxyl groups is 1. The Kier molecular flexibility index (Phi) is 6.11. The number of halogens is 2. The summed E-state index contributed by atoms with van der Waals surface area (Å²) in [6.07, 6.45) is 0.456. The molecule has 1 aliphatic heterocycles. The highest BCUT2D eigenvalue weighted by molar-refractivity contribution is 5.92. The lowest BCUT2D eigenvalue weighted by molar-refractivity contribution is -0.151. The number of aliphatic hydroxyl groups is 1. The number of benzene rings is 3. The monoisotopic (exact) mass is 490 g/mol. The molecular weight excluding hydrogens is 466 g/mol. The van der Waals surface area contributed by atoms with Crippen molar-refractivity contribution in [1.82, 2.24) is 14.9 Å². The molecule has 0 bridgehead atoms. The Bertz CT molecular complexity index is 1420. The van der Waals surface area contributed by atoms with Gasteiger partial charge >= 0.3 is 0 Å². The maximum absolute atomic E-state index is 14.7. The van der Waals surface area contributed by atoms with Crippen LogP contribution in [0.5, 0.6) is 5.75 Å². The summed E-state index contributed by atoms with van der Waals surface area (Å²) in [5, 5.41) is 22.2. The summed E-state index contributed by atoms with van der Waals surface area (Å²) < 4.78 is 28.0. The second-order valence-electron chi connectivity index (χ2n) is 8.85. The highest BCUT2D eigenvalue weighted by atomic mass is 19.1. The van der Waals surface area contributed by atoms with Gasteiger partial charge in [-0.15, -0.1) is 0 Å². The number of aryl methyl sites for hydroxylation is 1. The summed E-state index contributed by atoms with van der Waals surface area (Å²) >= 11 is 0. The van der Waals surface area contributed by atoms with Crippen molar-refractivity contribution in [2.45, 2.75) is 12.6 Å². The lowest BCUT2D eigenvalue weighted by Crippen LogP contribution is -2.56. The van der Waals surface area contributed by atoms with Gasteiger partial charge in [-0.05, 0) is 48.9 Å². The Balaban J connectivity index is 1.50. The molecule has 0 saturated carbocycles. The Morgan fingerprint density at radius 1 is 0.972 bits per heavy atom. The number of nitrogens with zero attached hydrogens (tertiary/aromatic N) is 4. The average molecular weight is 491 g/mol. The van der Waals surface area contributed by atoms with Gasteiger partial charge in [0.15, 0.2) is 12.1 Å². The molecule has 1 fully saturated rings. The molecular formula is C27H24F2N4O3. The van der Waals surface area contributed by atoms with E-state index in [9.17, 15) is 23.8 Å². The summed E-state index contributed by atoms with van der Waals surface area (Å²) in [4.78, 5) is 24.7. The number of aromatic nitrogens is 2. The lowest BCUT2D eigenvalue weighted by Gasteiger charge is -2.42. The number of piperazine rings is 1. The van der Waals surface area contributed by atoms with Crippen LogP contribution < -0.4 is 4.90 Å². The van der Waals surface area contributed by atoms with Crippen molar-refractivity contribution < 1.29 is 23.8 Å². The van der Waals surface area contributed by atoms with Crippen LogP contribution in [0.15, 0.2) is 60.7 Å². The fraction of sp³-hybridized carbons (Fsp3) is 0.222. The molecule has 2 N–H and O–H groups in total. The summed E-state index contributed by atoms with van der Waals surface area (Å²) in [6.45, 7) is 3.35. The van der Waals surface area contributed by atoms with Gasteiger partial charge in [-0.3, -0.25) is 9.69 Å². The van der Waals surface area contributed by atoms with Crippen LogP contribution in [0.1, 0.15) is 11.1 Å². The van der Waals surface area contributed by atoms with Crippen LogP contribution in [0.2, 0.25) is 0 Å². The number of aldehydes is 1. The predicted molar refractivity (Wildman–Crippen MR) is 131 cm³/mol. The molecule has 5 rings (SSSR count). The standard InChI is InChI=1S/C27H24F2N4O3/c1-17-5-10-20-22(15-17)30-25(24-21(29)3-2-4-23(24)35)31-26(20)32-11-13-33(14-12-32)27(36,16-34)18-6-8-19(28)9-7-18/h2-10,15-16,35-36H,11-14H2,1H3. The molecule has 184 valence electrons. The van der Waals surface area contributed by atoms with E-state index in [1.54, 1.807) is 4.90 Å². The van der Waals surface area contributed by atoms with E-state index in [-0.39, 0.29) is 22.7 Å². The molecule has 1 aliphatic rings. The van der Waals surface area contributed by atoms with Crippen LogP contribution in [-0.4, -0.2) is 57.5 Å². The molecule has 36 heavy (non-hydrogen) atoms. The van der Waals surface area contributed by atoms with Gasteiger partial charge in [0.25, 0.3) is 0 Å². The van der Waals surface area contributed by atoms with Crippen molar-refractivity contribution in [1.29, 1.82) is 0 Å². The molecule has 1 saturated heterocycles. The van der Waals surface area contributed by atoms with E-state index in [1.807, 2.05) is 30.0 Å². The van der Waals surface area contributed by atoms with E-state index < -0.39 is 17.4 Å². The van der Waals surface area contributed by atoms with Gasteiger partial charge in [0, 0.05) is 37.1 Å². The number of carbonyl (C=O) groups is 1. The molecule has 2 heterocycles. The zero-order valence-corrected chi connectivity index (χ0v) is 19.5. The van der Waals surface area contributed by atoms with Gasteiger partial charge < -0.3 is 15.1 Å². The minimum absolute atomic E-state index is 0.0665. The molecule has 9 heteroatoms. The van der Waals surface area contributed by atoms with E-state index in [2.05, 4.69) is 9.97 Å². The number of carbonyl (C=O) groups excluding carboxylic acids is 1. The third-order valence-corrected chi connectivity index (χ3v) is 6.54. The Hall–Kier alpha value is -3.95. The lowest BCUT2D eigenvalue weighted by atomic mass is 10.0. The number of fused-ring (bicyclic) bond motifs is 1. The zero-order valence-electron chi connectivity index (χ0n) is 19.5. The summed E-state index contributed by atoms with van der Waals surface area (Å²) in [6, 6.07) is 14.9. The molecule has 4 aromatic rings. The first kappa shape index (κ1) is 23.8. The fourth-order valence-corrected chi connectivity index (χ4v) is 4.59. The SMILES string of the molecule is Cc1ccc2c(N3CCN(C(O)(C=O)c4ccc(F)cc4)CC3)nc(-c3c(O)cccc3F)nc2c1. The zero-order chi connectivity index (χ0) is 25.4. The topological polar surface area (TPSA) is 89.8 Å². The van der Waals surface area contributed by atoms with E-state index in [1.165, 1.54) is 42.5 Å². The van der Waals surface area contributed by atoms with E-state index in [0.29, 0.717) is 43.8 Å². The van der Waals surface area contributed by atoms with Crippen molar-refractivity contribution in [3.8, 4) is 17.1 Å². The molecule has 3 aromatic carbocycles. The van der Waals surface area contributed by atoms with Crippen LogP contribution in [0.25, 0.3) is 22.3 Å². The molecule has 1 aromatic heterocycles. The molecule has 7 nitrogen and oxygen atoms in total. The third-order valence-electron chi connectivity index (χ3n) is 6.54. The van der Waals surface area contributed by atoms with Gasteiger partial charge in [-0.1, -0.05) is 24.3 Å². The van der Waals surface area contributed by atoms with Crippen molar-refractivity contribution in [3.63, 3.8) is 0 Å². The third kappa shape index (κ3) is 4.16. The minimum Gasteiger partial charge on any atom is -0.507 e. The highest BCUT2D eigenvalue weighted by Gasteiger charge is 2.38. The summed E-state index contributed by atoms with van der Waals surface area (Å²) in [7, 11) is 0. The molecule has 0 spiro atoms. The van der Waals surface area contributed by atoms with Crippen molar-refractivity contribution >= 4 is 23.0 Å². The van der Waals surface area contributed by atoms with Crippen LogP contribution in [0, 0.1) is 18.6 Å². The number of hydrogen-bond donors (Lipinski definition) is 2. The Labute approximate surface area is 206 Å². The number of anilines is 1. The van der Waals surface area contributed by atoms with Gasteiger partial charge in [0.1, 0.15) is 23.2 Å². The van der Waals surface area contributed by atoms with Gasteiger partial charge in [-0.2, -0.15) is 0 Å². The van der Waals surface area contributed by atoms with Crippen molar-refractivity contribution in [2.24, 2.45) is 0 Å². The molecule has 0 aliphatic carbocycles. The minimum atomic E-state index is -1.89. The Morgan fingerprint density at radius 3 is 2.36 bits per heavy atom. The average Bonchev–Trinajstić information content (AvgIpc) is 2.88. The van der Waals surface area contributed by atoms with Crippen molar-refractivity contribution in [2.75, 3.05) is 31.1 Å². The first-order valence-electron chi connectivity index (χ1n) is 11.5. The largest absolute Gasteiger partial charge is 0.507 e. The number of rotatable bonds is 5. The van der Waals surface area contributed by atoms with Crippen LogP contribution >= 0.6 is 0 Å². The molecule has 1 unspecified atom stereocenters. The normalized spacial score (nSPS) is 16.2. The van der Waals surface area contributed by atoms with Crippen LogP contribution in [0.4, 0.5) is 14.6 Å². The van der Waals surface area contributed by atoms with Crippen molar-refractivity contribution in [3.05, 3.63) is 83.4 Å².